The Labute approximate surface area is 298 Å². The van der Waals surface area contributed by atoms with Crippen LogP contribution in [0.3, 0.4) is 0 Å². The van der Waals surface area contributed by atoms with E-state index in [0.29, 0.717) is 0 Å². The van der Waals surface area contributed by atoms with Gasteiger partial charge in [0.05, 0.1) is 22.1 Å². The highest BCUT2D eigenvalue weighted by molar-refractivity contribution is 7.25. The lowest BCUT2D eigenvalue weighted by Gasteiger charge is -2.11. The molecule has 11 rings (SSSR count). The maximum Gasteiger partial charge on any atom is 0.0555 e. The third kappa shape index (κ3) is 4.35. The normalized spacial score (nSPS) is 11.9. The van der Waals surface area contributed by atoms with Crippen LogP contribution in [0.1, 0.15) is 0 Å². The highest BCUT2D eigenvalue weighted by atomic mass is 32.1. The Hall–Kier alpha value is -6.42. The maximum atomic E-state index is 2.44. The Balaban J connectivity index is 1.03. The predicted octanol–water partition coefficient (Wildman–Crippen LogP) is 13.6. The monoisotopic (exact) mass is 666 g/mol. The summed E-state index contributed by atoms with van der Waals surface area (Å²) >= 11 is 1.88. The van der Waals surface area contributed by atoms with E-state index in [1.807, 2.05) is 11.3 Å². The van der Waals surface area contributed by atoms with E-state index in [2.05, 4.69) is 191 Å². The topological polar surface area (TPSA) is 9.86 Å². The number of nitrogens with zero attached hydrogens (tertiary/aromatic N) is 2. The maximum absolute atomic E-state index is 2.44. The summed E-state index contributed by atoms with van der Waals surface area (Å²) in [7, 11) is 0. The second kappa shape index (κ2) is 11.0. The van der Waals surface area contributed by atoms with E-state index in [4.69, 9.17) is 0 Å². The molecule has 2 nitrogen and oxygen atoms in total. The molecule has 8 aromatic carbocycles. The average molecular weight is 667 g/mol. The summed E-state index contributed by atoms with van der Waals surface area (Å²) in [6.45, 7) is 0. The number of benzene rings is 8. The van der Waals surface area contributed by atoms with Crippen molar-refractivity contribution in [1.29, 1.82) is 0 Å². The van der Waals surface area contributed by atoms with Gasteiger partial charge in [0, 0.05) is 53.1 Å². The first-order valence-electron chi connectivity index (χ1n) is 17.4. The van der Waals surface area contributed by atoms with Gasteiger partial charge in [0.25, 0.3) is 0 Å². The summed E-state index contributed by atoms with van der Waals surface area (Å²) in [6, 6.07) is 66.6. The van der Waals surface area contributed by atoms with Crippen LogP contribution < -0.4 is 0 Å². The molecule has 3 heterocycles. The standard InChI is InChI=1S/C48H30N2S/c1-2-10-31(11-3-1)34-22-27-45-40(28-34)41-29-42-39-14-6-9-17-47(39)51-48(42)30-46(41)50(45)36-25-20-33(21-26-36)32-18-23-35(24-19-32)49-43-15-7-4-12-37(43)38-13-5-8-16-44(38)49/h1-30H. The van der Waals surface area contributed by atoms with Crippen molar-refractivity contribution in [2.45, 2.75) is 0 Å². The van der Waals surface area contributed by atoms with Gasteiger partial charge in [0.15, 0.2) is 0 Å². The SMILES string of the molecule is c1ccc(-c2ccc3c(c2)c2cc4c(cc2n3-c2ccc(-c3ccc(-n5c6ccccc6c6ccccc65)cc3)cc2)sc2ccccc24)cc1. The smallest absolute Gasteiger partial charge is 0.0555 e. The fraction of sp³-hybridized carbons (Fsp3) is 0. The highest BCUT2D eigenvalue weighted by Gasteiger charge is 2.17. The van der Waals surface area contributed by atoms with E-state index in [1.165, 1.54) is 91.7 Å². The van der Waals surface area contributed by atoms with Crippen LogP contribution in [-0.4, -0.2) is 9.13 Å². The van der Waals surface area contributed by atoms with Crippen LogP contribution in [0.2, 0.25) is 0 Å². The number of hydrogen-bond acceptors (Lipinski definition) is 1. The van der Waals surface area contributed by atoms with E-state index >= 15 is 0 Å². The minimum atomic E-state index is 1.16. The number of rotatable bonds is 4. The first-order chi connectivity index (χ1) is 25.3. The van der Waals surface area contributed by atoms with Gasteiger partial charge in [0.1, 0.15) is 0 Å². The van der Waals surface area contributed by atoms with Crippen molar-refractivity contribution < 1.29 is 0 Å². The second-order valence-corrected chi connectivity index (χ2v) is 14.4. The molecule has 238 valence electrons. The zero-order valence-electron chi connectivity index (χ0n) is 27.6. The van der Waals surface area contributed by atoms with E-state index < -0.39 is 0 Å². The molecule has 0 aliphatic carbocycles. The predicted molar refractivity (Wildman–Crippen MR) is 219 cm³/mol. The molecule has 0 unspecified atom stereocenters. The highest BCUT2D eigenvalue weighted by Crippen LogP contribution is 2.42. The Morgan fingerprint density at radius 3 is 1.43 bits per heavy atom. The van der Waals surface area contributed by atoms with Crippen LogP contribution in [0.5, 0.6) is 0 Å². The van der Waals surface area contributed by atoms with Gasteiger partial charge in [-0.05, 0) is 89.0 Å². The van der Waals surface area contributed by atoms with E-state index in [0.717, 1.165) is 5.69 Å². The summed E-state index contributed by atoms with van der Waals surface area (Å²) in [5, 5.41) is 7.77. The molecule has 0 amide bonds. The van der Waals surface area contributed by atoms with Crippen LogP contribution in [0.15, 0.2) is 182 Å². The molecule has 0 aliphatic rings. The lowest BCUT2D eigenvalue weighted by atomic mass is 10.0. The van der Waals surface area contributed by atoms with Gasteiger partial charge in [-0.2, -0.15) is 0 Å². The van der Waals surface area contributed by atoms with E-state index in [-0.39, 0.29) is 0 Å². The molecule has 0 spiro atoms. The Morgan fingerprint density at radius 1 is 0.275 bits per heavy atom. The Morgan fingerprint density at radius 2 is 0.765 bits per heavy atom. The number of hydrogen-bond donors (Lipinski definition) is 0. The molecule has 51 heavy (non-hydrogen) atoms. The number of fused-ring (bicyclic) bond motifs is 9. The van der Waals surface area contributed by atoms with Crippen molar-refractivity contribution in [2.24, 2.45) is 0 Å². The minimum absolute atomic E-state index is 1.16. The molecule has 0 saturated heterocycles. The fourth-order valence-corrected chi connectivity index (χ4v) is 9.25. The van der Waals surface area contributed by atoms with Crippen LogP contribution in [0, 0.1) is 0 Å². The van der Waals surface area contributed by atoms with E-state index in [9.17, 15) is 0 Å². The van der Waals surface area contributed by atoms with Gasteiger partial charge < -0.3 is 9.13 Å². The van der Waals surface area contributed by atoms with Crippen molar-refractivity contribution in [3.63, 3.8) is 0 Å². The zero-order valence-corrected chi connectivity index (χ0v) is 28.4. The molecular weight excluding hydrogens is 637 g/mol. The fourth-order valence-electron chi connectivity index (χ4n) is 8.13. The summed E-state index contributed by atoms with van der Waals surface area (Å²) in [6.07, 6.45) is 0. The summed E-state index contributed by atoms with van der Waals surface area (Å²) in [5.74, 6) is 0. The van der Waals surface area contributed by atoms with Gasteiger partial charge in [0.2, 0.25) is 0 Å². The van der Waals surface area contributed by atoms with Crippen molar-refractivity contribution in [3.8, 4) is 33.6 Å². The first-order valence-corrected chi connectivity index (χ1v) is 18.2. The second-order valence-electron chi connectivity index (χ2n) is 13.4. The molecule has 0 aliphatic heterocycles. The quantitative estimate of drug-likeness (QED) is 0.177. The van der Waals surface area contributed by atoms with Crippen LogP contribution >= 0.6 is 11.3 Å². The molecule has 0 N–H and O–H groups in total. The van der Waals surface area contributed by atoms with Crippen molar-refractivity contribution in [2.75, 3.05) is 0 Å². The van der Waals surface area contributed by atoms with Gasteiger partial charge in [-0.1, -0.05) is 115 Å². The molecule has 3 heteroatoms. The molecule has 0 fully saturated rings. The van der Waals surface area contributed by atoms with Gasteiger partial charge in [-0.25, -0.2) is 0 Å². The first kappa shape index (κ1) is 28.4. The molecule has 0 saturated carbocycles. The molecule has 11 aromatic rings. The molecule has 3 aromatic heterocycles. The van der Waals surface area contributed by atoms with Crippen molar-refractivity contribution in [1.82, 2.24) is 9.13 Å². The van der Waals surface area contributed by atoms with Crippen LogP contribution in [0.25, 0.3) is 97.4 Å². The van der Waals surface area contributed by atoms with E-state index in [1.54, 1.807) is 0 Å². The minimum Gasteiger partial charge on any atom is -0.309 e. The largest absolute Gasteiger partial charge is 0.309 e. The van der Waals surface area contributed by atoms with Crippen molar-refractivity contribution in [3.05, 3.63) is 182 Å². The summed E-state index contributed by atoms with van der Waals surface area (Å²) < 4.78 is 7.46. The molecule has 0 atom stereocenters. The third-order valence-electron chi connectivity index (χ3n) is 10.5. The Kier molecular flexibility index (Phi) is 6.16. The molecule has 0 radical (unpaired) electrons. The number of thiophene rings is 1. The van der Waals surface area contributed by atoms with Gasteiger partial charge in [-0.3, -0.25) is 0 Å². The Bertz CT molecular complexity index is 3050. The zero-order chi connectivity index (χ0) is 33.5. The lowest BCUT2D eigenvalue weighted by Crippen LogP contribution is -1.94. The molecule has 0 bridgehead atoms. The van der Waals surface area contributed by atoms with Crippen LogP contribution in [-0.2, 0) is 0 Å². The third-order valence-corrected chi connectivity index (χ3v) is 11.7. The van der Waals surface area contributed by atoms with Crippen molar-refractivity contribution >= 4 is 75.1 Å². The molecular formula is C48H30N2S. The van der Waals surface area contributed by atoms with Gasteiger partial charge in [-0.15, -0.1) is 11.3 Å². The number of aromatic nitrogens is 2. The summed E-state index contributed by atoms with van der Waals surface area (Å²) in [5.41, 5.74) is 12.1. The number of para-hydroxylation sites is 2. The van der Waals surface area contributed by atoms with Gasteiger partial charge >= 0.3 is 0 Å². The summed E-state index contributed by atoms with van der Waals surface area (Å²) in [4.78, 5) is 0. The van der Waals surface area contributed by atoms with Crippen LogP contribution in [0.4, 0.5) is 0 Å². The average Bonchev–Trinajstić information content (AvgIpc) is 3.84. The lowest BCUT2D eigenvalue weighted by molar-refractivity contribution is 1.18.